The zero-order valence-corrected chi connectivity index (χ0v) is 75.9. The van der Waals surface area contributed by atoms with Crippen molar-refractivity contribution < 1.29 is 127 Å². The number of amides is 15. The summed E-state index contributed by atoms with van der Waals surface area (Å²) < 4.78 is 63.9. The fourth-order valence-electron chi connectivity index (χ4n) is 11.8. The van der Waals surface area contributed by atoms with Crippen LogP contribution in [0.4, 0.5) is 40.2 Å². The van der Waals surface area contributed by atoms with Gasteiger partial charge < -0.3 is 109 Å². The number of Topliss-reactive ketones (excluding diaryl/α,β-unsaturated/α-hetero) is 3. The summed E-state index contributed by atoms with van der Waals surface area (Å²) in [5.74, 6) is -6.59. The number of nitrogens with zero attached hydrogens (tertiary/aromatic N) is 2. The number of primary amides is 3. The molecule has 0 aromatic heterocycles. The number of benzene rings is 3. The molecule has 2 aliphatic rings. The minimum Gasteiger partial charge on any atom is -0.392 e. The highest BCUT2D eigenvalue weighted by Crippen LogP contribution is 2.30. The summed E-state index contributed by atoms with van der Waals surface area (Å²) >= 11 is 6.13. The van der Waals surface area contributed by atoms with E-state index in [1.807, 2.05) is 13.8 Å². The van der Waals surface area contributed by atoms with E-state index in [4.69, 9.17) is 59.2 Å². The van der Waals surface area contributed by atoms with Crippen molar-refractivity contribution in [2.75, 3.05) is 142 Å². The first-order valence-electron chi connectivity index (χ1n) is 42.5. The molecule has 0 radical (unpaired) electrons. The van der Waals surface area contributed by atoms with Crippen LogP contribution in [-0.4, -0.2) is 258 Å². The Kier molecular flexibility index (Phi) is 58.9. The molecule has 710 valence electrons. The second-order valence-electron chi connectivity index (χ2n) is 29.5. The number of carbonyl (C=O) groups is 15. The lowest BCUT2D eigenvalue weighted by molar-refractivity contribution is -0.139. The van der Waals surface area contributed by atoms with Gasteiger partial charge in [-0.15, -0.1) is 0 Å². The van der Waals surface area contributed by atoms with Crippen molar-refractivity contribution in [3.63, 3.8) is 0 Å². The number of aliphatic hydroxyl groups excluding tert-OH is 3. The topological polar surface area (TPSA) is 579 Å². The molecule has 0 saturated heterocycles. The highest BCUT2D eigenvalue weighted by atomic mass is 79.9. The van der Waals surface area contributed by atoms with Gasteiger partial charge in [-0.25, -0.2) is 14.4 Å². The van der Waals surface area contributed by atoms with Gasteiger partial charge in [0.05, 0.1) is 147 Å². The van der Waals surface area contributed by atoms with Crippen molar-refractivity contribution in [2.24, 2.45) is 58.4 Å². The molecule has 42 heteroatoms. The molecule has 5 rings (SSSR count). The normalized spacial score (nSPS) is 13.7. The number of carbonyl (C=O) groups excluding carboxylic acids is 15. The number of ketones is 3. The average Bonchev–Trinajstić information content (AvgIpc) is 1.67. The van der Waals surface area contributed by atoms with E-state index in [0.717, 1.165) is 15.4 Å². The number of hydrogen-bond donors (Lipinski definition) is 15. The Morgan fingerprint density at radius 3 is 0.953 bits per heavy atom. The number of aliphatic hydroxyl groups is 3. The molecule has 3 aromatic carbocycles. The van der Waals surface area contributed by atoms with Gasteiger partial charge in [-0.3, -0.25) is 76.1 Å². The number of urea groups is 3. The van der Waals surface area contributed by atoms with Crippen LogP contribution in [0, 0.1) is 35.5 Å². The van der Waals surface area contributed by atoms with Gasteiger partial charge >= 0.3 is 18.1 Å². The third kappa shape index (κ3) is 48.7. The molecule has 15 amide bonds. The van der Waals surface area contributed by atoms with Crippen LogP contribution in [0.25, 0.3) is 0 Å². The summed E-state index contributed by atoms with van der Waals surface area (Å²) in [6.45, 7) is 14.4. The lowest BCUT2D eigenvalue weighted by Crippen LogP contribution is -2.45. The largest absolute Gasteiger partial charge is 0.392 e. The first-order valence-corrected chi connectivity index (χ1v) is 42.7. The van der Waals surface area contributed by atoms with Crippen molar-refractivity contribution >= 4 is 138 Å². The van der Waals surface area contributed by atoms with Gasteiger partial charge in [0.2, 0.25) is 29.5 Å². The Morgan fingerprint density at radius 2 is 0.685 bits per heavy atom. The molecule has 3 aromatic rings. The molecular formula is C85H128Br2F2N14O24. The Labute approximate surface area is 758 Å². The van der Waals surface area contributed by atoms with Gasteiger partial charge in [0, 0.05) is 98.7 Å². The molecule has 0 saturated carbocycles. The van der Waals surface area contributed by atoms with E-state index < -0.39 is 80.1 Å². The maximum atomic E-state index is 13.4. The first kappa shape index (κ1) is 111. The van der Waals surface area contributed by atoms with E-state index >= 15 is 0 Å². The first-order chi connectivity index (χ1) is 61.4. The molecule has 0 aliphatic carbocycles. The number of rotatable bonds is 59. The summed E-state index contributed by atoms with van der Waals surface area (Å²) in [6.07, 6.45) is 4.59. The number of nitrogens with two attached hydrogens (primary N) is 4. The molecule has 2 heterocycles. The minimum absolute atomic E-state index is 0.0104. The highest BCUT2D eigenvalue weighted by Gasteiger charge is 2.36. The third-order valence-corrected chi connectivity index (χ3v) is 20.8. The quantitative estimate of drug-likeness (QED) is 0.0260. The van der Waals surface area contributed by atoms with Crippen molar-refractivity contribution in [3.8, 4) is 0 Å². The van der Waals surface area contributed by atoms with Crippen LogP contribution in [0.3, 0.4) is 0 Å². The van der Waals surface area contributed by atoms with Crippen LogP contribution in [-0.2, 0) is 106 Å². The molecular weight excluding hydrogens is 1800 g/mol. The van der Waals surface area contributed by atoms with E-state index in [-0.39, 0.29) is 236 Å². The number of hydrogen-bond acceptors (Lipinski definition) is 25. The standard InChI is InChI=1S/C32H45Br2N5O10.C32H47N5O10.C19H30N4O4.2CH3F/c1-20(2)28(24(41)18-22(4-3-10-36-32(35)46)29(43)37-23-7-5-21(19-40)6-8-23)38-25(42)9-12-47-14-16-49-17-15-48-13-11-39-30(44)26(33)27(34)31(39)45;1-22(2)30(36-27(40)11-14-45-16-18-47-19-17-46-15-13-37-28(41)9-10-29(37)42)26(39)20-24(4-3-12-34-32(33)44)31(43)35-25-7-5-23(21-38)6-8-25;1-12(2)17(20)16(25)10-14(4-3-9-22-19(21)27)18(26)23-15-7-5-13(11-24)6-8-15;2*1-2/h5-8,20,22,28,40H,3-4,9-19H2,1-2H3,(H,37,43)(H,38,42)(H3,35,36,46);5-10,22,24,30,38H,3-4,11-21H2,1-2H3,(H,35,43)(H,36,40)(H3,33,34,44);5-8,12,14,17,24H,3-4,9-11,20H2,1-2H3,(H,23,26)(H3,21,22,27);2*1H3/t22-,28+;24-,30+;14-,17+;;/m111../s1/i;;;2*1D. The van der Waals surface area contributed by atoms with E-state index in [1.165, 1.54) is 12.2 Å². The van der Waals surface area contributed by atoms with Crippen molar-refractivity contribution in [1.82, 2.24) is 36.4 Å². The van der Waals surface area contributed by atoms with Crippen molar-refractivity contribution in [3.05, 3.63) is 111 Å². The summed E-state index contributed by atoms with van der Waals surface area (Å²) in [6, 6.07) is 15.9. The van der Waals surface area contributed by atoms with Crippen LogP contribution < -0.4 is 65.5 Å². The van der Waals surface area contributed by atoms with Crippen LogP contribution in [0.2, 0.25) is 0 Å². The van der Waals surface area contributed by atoms with Gasteiger partial charge in [0.1, 0.15) is 8.96 Å². The zero-order chi connectivity index (χ0) is 96.8. The van der Waals surface area contributed by atoms with E-state index in [0.29, 0.717) is 79.9 Å². The van der Waals surface area contributed by atoms with Crippen LogP contribution in [0.5, 0.6) is 0 Å². The number of ether oxygens (including phenoxy) is 6. The Bertz CT molecular complexity index is 3970. The summed E-state index contributed by atoms with van der Waals surface area (Å²) in [7, 11) is -2.00. The maximum Gasteiger partial charge on any atom is 0.312 e. The van der Waals surface area contributed by atoms with Gasteiger partial charge in [-0.05, 0) is 141 Å². The van der Waals surface area contributed by atoms with Gasteiger partial charge in [-0.1, -0.05) is 77.9 Å². The van der Waals surface area contributed by atoms with E-state index in [1.54, 1.807) is 100 Å². The Morgan fingerprint density at radius 1 is 0.417 bits per heavy atom. The predicted octanol–water partition coefficient (Wildman–Crippen LogP) is 5.04. The zero-order valence-electron chi connectivity index (χ0n) is 74.7. The molecule has 6 atom stereocenters. The number of anilines is 3. The fourth-order valence-corrected chi connectivity index (χ4v) is 12.6. The molecule has 0 unspecified atom stereocenters. The highest BCUT2D eigenvalue weighted by molar-refractivity contribution is 9.14. The SMILES string of the molecule is CC(C)[C@H](N)C(=O)C[C@@H](CCCNC(N)=O)C(=O)Nc1ccc(CO)cc1.CC(C)[C@H](NC(=O)CCOCCOCCOCCN1C(=O)C(Br)=C(Br)C1=O)C(=O)C[C@@H](CCCNC(N)=O)C(=O)Nc1ccc(CO)cc1.CC(C)[C@H](NC(=O)CCOCCOCCOCCN1C(=O)C=CC1=O)C(=O)C[C@@H](CCCNC(N)=O)C(=O)Nc1ccc(CO)cc1.[2H]CF.[2H]CF. The van der Waals surface area contributed by atoms with Crippen LogP contribution in [0.1, 0.15) is 132 Å². The van der Waals surface area contributed by atoms with Gasteiger partial charge in [0.25, 0.3) is 23.6 Å². The molecule has 38 nitrogen and oxygen atoms in total. The summed E-state index contributed by atoms with van der Waals surface area (Å²) in [5, 5.41) is 48.9. The minimum atomic E-state index is -1.00. The number of alkyl halides is 2. The number of imide groups is 2. The lowest BCUT2D eigenvalue weighted by atomic mass is 9.89. The number of nitrogens with one attached hydrogen (secondary N) is 8. The van der Waals surface area contributed by atoms with E-state index in [9.17, 15) is 90.9 Å². The Hall–Kier alpha value is -9.99. The van der Waals surface area contributed by atoms with E-state index in [2.05, 4.69) is 74.4 Å². The molecule has 2 aliphatic heterocycles. The number of halogens is 4. The molecule has 19 N–H and O–H groups in total. The average molecular weight is 1930 g/mol. The lowest BCUT2D eigenvalue weighted by Gasteiger charge is -2.24. The maximum absolute atomic E-state index is 13.4. The molecule has 0 bridgehead atoms. The van der Waals surface area contributed by atoms with Crippen molar-refractivity contribution in [2.45, 2.75) is 150 Å². The fraction of sp³-hybridized carbons (Fsp3) is 0.565. The van der Waals surface area contributed by atoms with Crippen molar-refractivity contribution in [1.29, 1.82) is 0 Å². The molecule has 0 fully saturated rings. The second kappa shape index (κ2) is 67.3. The third-order valence-electron chi connectivity index (χ3n) is 18.8. The Balaban J connectivity index is 0.000000972. The van der Waals surface area contributed by atoms with Crippen LogP contribution >= 0.6 is 31.9 Å². The van der Waals surface area contributed by atoms with Gasteiger partial charge in [0.15, 0.2) is 17.3 Å². The van der Waals surface area contributed by atoms with Gasteiger partial charge in [-0.2, -0.15) is 0 Å². The summed E-state index contributed by atoms with van der Waals surface area (Å²) in [4.78, 5) is 185. The summed E-state index contributed by atoms with van der Waals surface area (Å²) in [5.41, 5.74) is 24.9. The second-order valence-corrected chi connectivity index (χ2v) is 31.1. The smallest absolute Gasteiger partial charge is 0.312 e. The molecule has 0 spiro atoms. The van der Waals surface area contributed by atoms with Crippen LogP contribution in [0.15, 0.2) is 93.9 Å². The monoisotopic (exact) mass is 1930 g/mol. The molecule has 127 heavy (non-hydrogen) atoms. The predicted molar refractivity (Wildman–Crippen MR) is 475 cm³/mol.